The Bertz CT molecular complexity index is 901. The fraction of sp³-hybridized carbons (Fsp3) is 0.238. The van der Waals surface area contributed by atoms with E-state index < -0.39 is 0 Å². The van der Waals surface area contributed by atoms with E-state index in [4.69, 9.17) is 4.42 Å². The minimum absolute atomic E-state index is 0.0514. The number of aromatic hydroxyl groups is 1. The van der Waals surface area contributed by atoms with Gasteiger partial charge in [-0.2, -0.15) is 0 Å². The van der Waals surface area contributed by atoms with Crippen LogP contribution in [0.15, 0.2) is 59.0 Å². The zero-order valence-electron chi connectivity index (χ0n) is 14.4. The van der Waals surface area contributed by atoms with Crippen LogP contribution in [0.1, 0.15) is 33.3 Å². The van der Waals surface area contributed by atoms with Crippen LogP contribution in [0, 0.1) is 0 Å². The second kappa shape index (κ2) is 7.04. The lowest BCUT2D eigenvalue weighted by Gasteiger charge is -2.25. The molecule has 3 aromatic rings. The van der Waals surface area contributed by atoms with Gasteiger partial charge < -0.3 is 14.4 Å². The average molecular weight is 348 g/mol. The molecule has 5 nitrogen and oxygen atoms in total. The van der Waals surface area contributed by atoms with E-state index in [1.165, 1.54) is 17.7 Å². The molecule has 1 aliphatic heterocycles. The molecule has 2 aromatic carbocycles. The zero-order chi connectivity index (χ0) is 17.9. The van der Waals surface area contributed by atoms with Crippen molar-refractivity contribution in [3.05, 3.63) is 83.1 Å². The number of phenols is 1. The van der Waals surface area contributed by atoms with Gasteiger partial charge in [-0.1, -0.05) is 30.3 Å². The third-order valence-electron chi connectivity index (χ3n) is 4.64. The number of benzene rings is 2. The highest BCUT2D eigenvalue weighted by molar-refractivity contribution is 5.94. The molecule has 0 unspecified atom stereocenters. The molecule has 1 aliphatic rings. The van der Waals surface area contributed by atoms with E-state index in [0.29, 0.717) is 25.1 Å². The molecule has 0 atom stereocenters. The molecule has 4 rings (SSSR count). The van der Waals surface area contributed by atoms with Crippen LogP contribution in [0.3, 0.4) is 0 Å². The van der Waals surface area contributed by atoms with Gasteiger partial charge in [0.1, 0.15) is 17.2 Å². The zero-order valence-corrected chi connectivity index (χ0v) is 14.4. The number of aryl methyl sites for hydroxylation is 2. The van der Waals surface area contributed by atoms with Crippen LogP contribution >= 0.6 is 0 Å². The molecule has 0 bridgehead atoms. The van der Waals surface area contributed by atoms with Gasteiger partial charge in [0.2, 0.25) is 0 Å². The molecule has 1 N–H and O–H groups in total. The molecule has 0 aliphatic carbocycles. The second-order valence-electron chi connectivity index (χ2n) is 6.49. The van der Waals surface area contributed by atoms with Crippen molar-refractivity contribution in [2.75, 3.05) is 6.54 Å². The highest BCUT2D eigenvalue weighted by Crippen LogP contribution is 2.22. The molecule has 0 radical (unpaired) electrons. The molecular formula is C21H20N2O3. The van der Waals surface area contributed by atoms with Crippen molar-refractivity contribution in [1.82, 2.24) is 9.88 Å². The van der Waals surface area contributed by atoms with Crippen molar-refractivity contribution in [1.29, 1.82) is 0 Å². The van der Waals surface area contributed by atoms with E-state index in [1.54, 1.807) is 17.0 Å². The van der Waals surface area contributed by atoms with E-state index in [-0.39, 0.29) is 11.7 Å². The summed E-state index contributed by atoms with van der Waals surface area (Å²) >= 11 is 0. The van der Waals surface area contributed by atoms with Crippen LogP contribution < -0.4 is 0 Å². The minimum Gasteiger partial charge on any atom is -0.508 e. The van der Waals surface area contributed by atoms with Gasteiger partial charge in [-0.15, -0.1) is 0 Å². The fourth-order valence-electron chi connectivity index (χ4n) is 3.21. The van der Waals surface area contributed by atoms with Gasteiger partial charge in [-0.25, -0.2) is 4.98 Å². The summed E-state index contributed by atoms with van der Waals surface area (Å²) in [5.41, 5.74) is 2.68. The highest BCUT2D eigenvalue weighted by Gasteiger charge is 2.26. The Hall–Kier alpha value is -3.08. The van der Waals surface area contributed by atoms with Gasteiger partial charge >= 0.3 is 0 Å². The Kier molecular flexibility index (Phi) is 4.44. The van der Waals surface area contributed by atoms with Gasteiger partial charge in [-0.05, 0) is 36.2 Å². The standard InChI is InChI=1S/C21H20N2O3/c24-17-9-7-16(8-10-17)21(25)23-13-12-19-18(14-23)22-20(26-19)11-6-15-4-2-1-3-5-15/h1-5,7-10,24H,6,11-14H2. The molecule has 0 saturated carbocycles. The average Bonchev–Trinajstić information content (AvgIpc) is 3.09. The van der Waals surface area contributed by atoms with E-state index >= 15 is 0 Å². The number of nitrogens with zero attached hydrogens (tertiary/aromatic N) is 2. The Morgan fingerprint density at radius 3 is 2.62 bits per heavy atom. The molecular weight excluding hydrogens is 328 g/mol. The van der Waals surface area contributed by atoms with Crippen molar-refractivity contribution in [3.63, 3.8) is 0 Å². The number of fused-ring (bicyclic) bond motifs is 1. The number of hydrogen-bond acceptors (Lipinski definition) is 4. The normalized spacial score (nSPS) is 13.5. The van der Waals surface area contributed by atoms with Crippen LogP contribution in [0.25, 0.3) is 0 Å². The minimum atomic E-state index is -0.0514. The topological polar surface area (TPSA) is 66.6 Å². The number of hydrogen-bond donors (Lipinski definition) is 1. The lowest BCUT2D eigenvalue weighted by molar-refractivity contribution is 0.0728. The second-order valence-corrected chi connectivity index (χ2v) is 6.49. The molecule has 5 heteroatoms. The first-order chi connectivity index (χ1) is 12.7. The first-order valence-corrected chi connectivity index (χ1v) is 8.79. The Morgan fingerprint density at radius 1 is 1.08 bits per heavy atom. The summed E-state index contributed by atoms with van der Waals surface area (Å²) in [6.45, 7) is 1.07. The van der Waals surface area contributed by atoms with Crippen molar-refractivity contribution in [3.8, 4) is 5.75 Å². The maximum absolute atomic E-state index is 12.6. The lowest BCUT2D eigenvalue weighted by Crippen LogP contribution is -2.35. The van der Waals surface area contributed by atoms with Crippen LogP contribution in [-0.2, 0) is 25.8 Å². The van der Waals surface area contributed by atoms with Crippen LogP contribution in [0.2, 0.25) is 0 Å². The number of carbonyl (C=O) groups is 1. The predicted molar refractivity (Wildman–Crippen MR) is 96.9 cm³/mol. The maximum atomic E-state index is 12.6. The highest BCUT2D eigenvalue weighted by atomic mass is 16.4. The number of phenolic OH excluding ortho intramolecular Hbond substituents is 1. The van der Waals surface area contributed by atoms with Crippen molar-refractivity contribution < 1.29 is 14.3 Å². The summed E-state index contributed by atoms with van der Waals surface area (Å²) in [6, 6.07) is 16.6. The van der Waals surface area contributed by atoms with Gasteiger partial charge in [0.05, 0.1) is 6.54 Å². The van der Waals surface area contributed by atoms with Gasteiger partial charge in [0.25, 0.3) is 5.91 Å². The molecule has 1 aromatic heterocycles. The quantitative estimate of drug-likeness (QED) is 0.785. The third-order valence-corrected chi connectivity index (χ3v) is 4.64. The van der Waals surface area contributed by atoms with Gasteiger partial charge in [0.15, 0.2) is 5.89 Å². The van der Waals surface area contributed by atoms with E-state index in [1.807, 2.05) is 18.2 Å². The summed E-state index contributed by atoms with van der Waals surface area (Å²) in [7, 11) is 0. The number of oxazole rings is 1. The molecule has 0 saturated heterocycles. The molecule has 132 valence electrons. The summed E-state index contributed by atoms with van der Waals surface area (Å²) in [5.74, 6) is 1.73. The largest absolute Gasteiger partial charge is 0.508 e. The molecule has 26 heavy (non-hydrogen) atoms. The van der Waals surface area contributed by atoms with Crippen molar-refractivity contribution in [2.24, 2.45) is 0 Å². The number of carbonyl (C=O) groups excluding carboxylic acids is 1. The molecule has 1 amide bonds. The summed E-state index contributed by atoms with van der Waals surface area (Å²) in [6.07, 6.45) is 2.32. The maximum Gasteiger partial charge on any atom is 0.254 e. The molecule has 0 fully saturated rings. The third kappa shape index (κ3) is 3.47. The van der Waals surface area contributed by atoms with Gasteiger partial charge in [-0.3, -0.25) is 4.79 Å². The molecule has 2 heterocycles. The predicted octanol–water partition coefficient (Wildman–Crippen LogP) is 3.36. The lowest BCUT2D eigenvalue weighted by atomic mass is 10.1. The van der Waals surface area contributed by atoms with Crippen LogP contribution in [-0.4, -0.2) is 27.4 Å². The van der Waals surface area contributed by atoms with E-state index in [2.05, 4.69) is 17.1 Å². The number of aromatic nitrogens is 1. The van der Waals surface area contributed by atoms with Crippen LogP contribution in [0.5, 0.6) is 5.75 Å². The first kappa shape index (κ1) is 16.4. The Morgan fingerprint density at radius 2 is 1.85 bits per heavy atom. The smallest absolute Gasteiger partial charge is 0.254 e. The van der Waals surface area contributed by atoms with Crippen molar-refractivity contribution >= 4 is 5.91 Å². The van der Waals surface area contributed by atoms with Crippen LogP contribution in [0.4, 0.5) is 0 Å². The molecule has 0 spiro atoms. The van der Waals surface area contributed by atoms with Crippen molar-refractivity contribution in [2.45, 2.75) is 25.8 Å². The summed E-state index contributed by atoms with van der Waals surface area (Å²) in [5, 5.41) is 9.37. The number of rotatable bonds is 4. The summed E-state index contributed by atoms with van der Waals surface area (Å²) in [4.78, 5) is 19.0. The fourth-order valence-corrected chi connectivity index (χ4v) is 3.21. The monoisotopic (exact) mass is 348 g/mol. The Labute approximate surface area is 151 Å². The number of amides is 1. The van der Waals surface area contributed by atoms with Gasteiger partial charge in [0, 0.05) is 24.9 Å². The Balaban J connectivity index is 1.43. The summed E-state index contributed by atoms with van der Waals surface area (Å²) < 4.78 is 5.90. The van der Waals surface area contributed by atoms with E-state index in [0.717, 1.165) is 30.2 Å². The van der Waals surface area contributed by atoms with E-state index in [9.17, 15) is 9.90 Å². The SMILES string of the molecule is O=C(c1ccc(O)cc1)N1CCc2oc(CCc3ccccc3)nc2C1. The first-order valence-electron chi connectivity index (χ1n) is 8.79.